The van der Waals surface area contributed by atoms with Gasteiger partial charge in [0, 0.05) is 74.7 Å². The molecule has 0 saturated carbocycles. The van der Waals surface area contributed by atoms with Gasteiger partial charge in [-0.15, -0.1) is 0 Å². The molecule has 2 atom stereocenters. The Bertz CT molecular complexity index is 1260. The largest absolute Gasteiger partial charge is 0.368 e. The smallest absolute Gasteiger partial charge is 0.222 e. The van der Waals surface area contributed by atoms with Crippen molar-refractivity contribution in [1.29, 1.82) is 0 Å². The molecule has 2 saturated heterocycles. The van der Waals surface area contributed by atoms with Crippen LogP contribution in [0.25, 0.3) is 0 Å². The molecule has 3 aromatic rings. The quantitative estimate of drug-likeness (QED) is 0.439. The van der Waals surface area contributed by atoms with Gasteiger partial charge in [-0.25, -0.2) is 8.78 Å². The first kappa shape index (κ1) is 24.9. The van der Waals surface area contributed by atoms with E-state index in [2.05, 4.69) is 39.0 Å². The average molecular weight is 517 g/mol. The van der Waals surface area contributed by atoms with Gasteiger partial charge in [0.1, 0.15) is 11.6 Å². The molecule has 0 bridgehead atoms. The molecule has 0 spiro atoms. The van der Waals surface area contributed by atoms with Crippen molar-refractivity contribution >= 4 is 23.0 Å². The van der Waals surface area contributed by atoms with Crippen LogP contribution in [0.5, 0.6) is 0 Å². The third kappa shape index (κ3) is 4.99. The lowest BCUT2D eigenvalue weighted by Crippen LogP contribution is -2.49. The third-order valence-electron chi connectivity index (χ3n) is 8.36. The fourth-order valence-electron chi connectivity index (χ4n) is 6.44. The van der Waals surface area contributed by atoms with E-state index in [0.717, 1.165) is 75.6 Å². The summed E-state index contributed by atoms with van der Waals surface area (Å²) in [5.41, 5.74) is 4.20. The minimum Gasteiger partial charge on any atom is -0.368 e. The molecule has 7 heteroatoms. The molecular weight excluding hydrogens is 482 g/mol. The van der Waals surface area contributed by atoms with Crippen LogP contribution in [-0.4, -0.2) is 67.6 Å². The first-order valence-electron chi connectivity index (χ1n) is 13.7. The molecular formula is C31H34F2N4O. The Morgan fingerprint density at radius 2 is 1.55 bits per heavy atom. The molecule has 0 N–H and O–H groups in total. The summed E-state index contributed by atoms with van der Waals surface area (Å²) in [7, 11) is 0. The minimum atomic E-state index is -0.258. The van der Waals surface area contributed by atoms with Crippen molar-refractivity contribution in [2.45, 2.75) is 31.2 Å². The highest BCUT2D eigenvalue weighted by Gasteiger charge is 2.42. The molecule has 3 aliphatic rings. The van der Waals surface area contributed by atoms with Gasteiger partial charge in [0.15, 0.2) is 0 Å². The fourth-order valence-corrected chi connectivity index (χ4v) is 6.44. The van der Waals surface area contributed by atoms with E-state index >= 15 is 0 Å². The number of hydrogen-bond donors (Lipinski definition) is 0. The number of hydrogen-bond acceptors (Lipinski definition) is 4. The van der Waals surface area contributed by atoms with Crippen LogP contribution in [0.4, 0.5) is 25.8 Å². The standard InChI is InChI=1S/C31H34F2N4O/c32-23-8-11-26(12-9-23)37-29-13-10-24(33)21-27(29)28-22-34(16-14-30(28)37)15-4-7-31(38)36-19-17-35(18-20-36)25-5-2-1-3-6-25/h1-3,5-6,8-13,21,28,30H,4,7,14-20,22H2. The molecule has 1 amide bonds. The van der Waals surface area contributed by atoms with E-state index in [1.54, 1.807) is 6.07 Å². The van der Waals surface area contributed by atoms with E-state index < -0.39 is 0 Å². The molecule has 0 radical (unpaired) electrons. The number of carbonyl (C=O) groups is 1. The Labute approximate surface area is 223 Å². The zero-order chi connectivity index (χ0) is 26.1. The third-order valence-corrected chi connectivity index (χ3v) is 8.36. The summed E-state index contributed by atoms with van der Waals surface area (Å²) >= 11 is 0. The second-order valence-electron chi connectivity index (χ2n) is 10.6. The van der Waals surface area contributed by atoms with Crippen molar-refractivity contribution in [1.82, 2.24) is 9.80 Å². The second kappa shape index (κ2) is 10.7. The Balaban J connectivity index is 1.04. The summed E-state index contributed by atoms with van der Waals surface area (Å²) in [6, 6.07) is 22.2. The number of fused-ring (bicyclic) bond motifs is 3. The van der Waals surface area contributed by atoms with Crippen LogP contribution in [0.3, 0.4) is 0 Å². The molecule has 3 heterocycles. The first-order valence-corrected chi connectivity index (χ1v) is 13.7. The predicted octanol–water partition coefficient (Wildman–Crippen LogP) is 5.40. The van der Waals surface area contributed by atoms with Crippen LogP contribution < -0.4 is 9.80 Å². The number of benzene rings is 3. The van der Waals surface area contributed by atoms with Gasteiger partial charge in [0.2, 0.25) is 5.91 Å². The highest BCUT2D eigenvalue weighted by atomic mass is 19.1. The van der Waals surface area contributed by atoms with Crippen LogP contribution in [0, 0.1) is 11.6 Å². The van der Waals surface area contributed by atoms with Crippen LogP contribution in [0.15, 0.2) is 72.8 Å². The molecule has 198 valence electrons. The maximum absolute atomic E-state index is 14.3. The molecule has 2 unspecified atom stereocenters. The van der Waals surface area contributed by atoms with E-state index in [1.165, 1.54) is 23.9 Å². The fraction of sp³-hybridized carbons (Fsp3) is 0.387. The average Bonchev–Trinajstić information content (AvgIpc) is 3.27. The zero-order valence-electron chi connectivity index (χ0n) is 21.6. The highest BCUT2D eigenvalue weighted by molar-refractivity contribution is 5.76. The topological polar surface area (TPSA) is 30.0 Å². The first-order chi connectivity index (χ1) is 18.6. The summed E-state index contributed by atoms with van der Waals surface area (Å²) in [5.74, 6) is -0.0607. The number of amides is 1. The van der Waals surface area contributed by atoms with Gasteiger partial charge in [0.05, 0.1) is 0 Å². The highest BCUT2D eigenvalue weighted by Crippen LogP contribution is 2.48. The molecule has 0 aliphatic carbocycles. The number of piperazine rings is 1. The second-order valence-corrected chi connectivity index (χ2v) is 10.6. The SMILES string of the molecule is O=C(CCCN1CCC2C(C1)c1cc(F)ccc1N2c1ccc(F)cc1)N1CCN(c2ccccc2)CC1. The molecule has 5 nitrogen and oxygen atoms in total. The number of likely N-dealkylation sites (tertiary alicyclic amines) is 1. The van der Waals surface area contributed by atoms with Gasteiger partial charge < -0.3 is 19.6 Å². The van der Waals surface area contributed by atoms with Gasteiger partial charge in [-0.2, -0.15) is 0 Å². The Hall–Kier alpha value is -3.45. The molecule has 0 aromatic heterocycles. The van der Waals surface area contributed by atoms with Gasteiger partial charge >= 0.3 is 0 Å². The molecule has 6 rings (SSSR count). The molecule has 3 aromatic carbocycles. The predicted molar refractivity (Wildman–Crippen MR) is 147 cm³/mol. The van der Waals surface area contributed by atoms with E-state index in [0.29, 0.717) is 6.42 Å². The summed E-state index contributed by atoms with van der Waals surface area (Å²) < 4.78 is 27.8. The molecule has 38 heavy (non-hydrogen) atoms. The summed E-state index contributed by atoms with van der Waals surface area (Å²) in [6.07, 6.45) is 2.32. The Morgan fingerprint density at radius 1 is 0.816 bits per heavy atom. The number of halogens is 2. The number of piperidine rings is 1. The zero-order valence-corrected chi connectivity index (χ0v) is 21.6. The van der Waals surface area contributed by atoms with Crippen molar-refractivity contribution in [2.75, 3.05) is 55.6 Å². The number of rotatable bonds is 6. The van der Waals surface area contributed by atoms with Gasteiger partial charge in [-0.05, 0) is 79.5 Å². The van der Waals surface area contributed by atoms with Crippen LogP contribution in [0.1, 0.15) is 30.7 Å². The lowest BCUT2D eigenvalue weighted by molar-refractivity contribution is -0.131. The molecule has 3 aliphatic heterocycles. The van der Waals surface area contributed by atoms with Crippen molar-refractivity contribution < 1.29 is 13.6 Å². The Morgan fingerprint density at radius 3 is 2.32 bits per heavy atom. The van der Waals surface area contributed by atoms with Crippen molar-refractivity contribution in [2.24, 2.45) is 0 Å². The minimum absolute atomic E-state index is 0.182. The summed E-state index contributed by atoms with van der Waals surface area (Å²) in [6.45, 7) is 5.89. The number of carbonyl (C=O) groups excluding carboxylic acids is 1. The maximum Gasteiger partial charge on any atom is 0.222 e. The maximum atomic E-state index is 14.3. The van der Waals surface area contributed by atoms with Crippen LogP contribution in [0.2, 0.25) is 0 Å². The molecule has 2 fully saturated rings. The van der Waals surface area contributed by atoms with Crippen molar-refractivity contribution in [3.8, 4) is 0 Å². The van der Waals surface area contributed by atoms with E-state index in [-0.39, 0.29) is 29.5 Å². The van der Waals surface area contributed by atoms with E-state index in [9.17, 15) is 13.6 Å². The van der Waals surface area contributed by atoms with Crippen LogP contribution in [-0.2, 0) is 4.79 Å². The number of para-hydroxylation sites is 1. The number of anilines is 3. The van der Waals surface area contributed by atoms with Gasteiger partial charge in [-0.3, -0.25) is 4.79 Å². The van der Waals surface area contributed by atoms with Crippen molar-refractivity contribution in [3.05, 3.63) is 90.0 Å². The lowest BCUT2D eigenvalue weighted by Gasteiger charge is -2.39. The summed E-state index contributed by atoms with van der Waals surface area (Å²) in [4.78, 5) is 21.9. The van der Waals surface area contributed by atoms with E-state index in [1.807, 2.05) is 29.2 Å². The van der Waals surface area contributed by atoms with E-state index in [4.69, 9.17) is 0 Å². The van der Waals surface area contributed by atoms with Crippen LogP contribution >= 0.6 is 0 Å². The Kier molecular flexibility index (Phi) is 7.02. The summed E-state index contributed by atoms with van der Waals surface area (Å²) in [5, 5.41) is 0. The lowest BCUT2D eigenvalue weighted by atomic mass is 9.89. The van der Waals surface area contributed by atoms with Crippen molar-refractivity contribution in [3.63, 3.8) is 0 Å². The normalized spacial score (nSPS) is 21.4. The number of nitrogens with zero attached hydrogens (tertiary/aromatic N) is 4. The monoisotopic (exact) mass is 516 g/mol. The van der Waals surface area contributed by atoms with Gasteiger partial charge in [0.25, 0.3) is 0 Å². The van der Waals surface area contributed by atoms with Gasteiger partial charge in [-0.1, -0.05) is 18.2 Å².